The van der Waals surface area contributed by atoms with Gasteiger partial charge < -0.3 is 5.32 Å². The lowest BCUT2D eigenvalue weighted by Crippen LogP contribution is -2.44. The Labute approximate surface area is 105 Å². The normalized spacial score (nSPS) is 18.8. The van der Waals surface area contributed by atoms with Crippen molar-refractivity contribution >= 4 is 10.2 Å². The van der Waals surface area contributed by atoms with Gasteiger partial charge in [-0.1, -0.05) is 20.3 Å². The molecule has 0 unspecified atom stereocenters. The summed E-state index contributed by atoms with van der Waals surface area (Å²) < 4.78 is 28.0. The Balaban J connectivity index is 2.20. The minimum Gasteiger partial charge on any atom is -0.314 e. The van der Waals surface area contributed by atoms with Crippen LogP contribution in [0.3, 0.4) is 0 Å². The first-order chi connectivity index (χ1) is 8.02. The fraction of sp³-hybridized carbons (Fsp3) is 1.00. The van der Waals surface area contributed by atoms with Crippen molar-refractivity contribution in [2.75, 3.05) is 26.2 Å². The van der Waals surface area contributed by atoms with Crippen molar-refractivity contribution < 1.29 is 8.42 Å². The largest absolute Gasteiger partial charge is 0.314 e. The van der Waals surface area contributed by atoms with Gasteiger partial charge in [0.25, 0.3) is 10.2 Å². The molecule has 17 heavy (non-hydrogen) atoms. The number of hydrogen-bond donors (Lipinski definition) is 2. The zero-order chi connectivity index (χ0) is 12.7. The van der Waals surface area contributed by atoms with Crippen LogP contribution in [-0.2, 0) is 10.2 Å². The summed E-state index contributed by atoms with van der Waals surface area (Å²) in [5.74, 6) is 0. The van der Waals surface area contributed by atoms with Crippen LogP contribution in [0.2, 0.25) is 0 Å². The topological polar surface area (TPSA) is 61.4 Å². The molecule has 2 N–H and O–H groups in total. The molecule has 0 saturated carbocycles. The molecular weight excluding hydrogens is 238 g/mol. The highest BCUT2D eigenvalue weighted by Gasteiger charge is 2.22. The van der Waals surface area contributed by atoms with Crippen molar-refractivity contribution in [2.45, 2.75) is 45.6 Å². The molecule has 1 fully saturated rings. The van der Waals surface area contributed by atoms with E-state index in [1.54, 1.807) is 4.31 Å². The third kappa shape index (κ3) is 5.81. The number of hydrogen-bond acceptors (Lipinski definition) is 3. The second kappa shape index (κ2) is 7.31. The molecule has 0 aliphatic carbocycles. The molecule has 1 heterocycles. The van der Waals surface area contributed by atoms with E-state index in [1.165, 1.54) is 0 Å². The highest BCUT2D eigenvalue weighted by atomic mass is 32.2. The lowest BCUT2D eigenvalue weighted by atomic mass is 10.2. The van der Waals surface area contributed by atoms with Gasteiger partial charge in [-0.15, -0.1) is 0 Å². The first-order valence-electron chi connectivity index (χ1n) is 6.50. The minimum atomic E-state index is -3.23. The predicted octanol–water partition coefficient (Wildman–Crippen LogP) is 0.695. The van der Waals surface area contributed by atoms with Gasteiger partial charge >= 0.3 is 0 Å². The predicted molar refractivity (Wildman–Crippen MR) is 70.1 cm³/mol. The Morgan fingerprint density at radius 3 is 2.35 bits per heavy atom. The molecule has 5 nitrogen and oxygen atoms in total. The fourth-order valence-corrected chi connectivity index (χ4v) is 3.20. The zero-order valence-electron chi connectivity index (χ0n) is 10.9. The monoisotopic (exact) mass is 263 g/mol. The average molecular weight is 263 g/mol. The summed E-state index contributed by atoms with van der Waals surface area (Å²) >= 11 is 0. The summed E-state index contributed by atoms with van der Waals surface area (Å²) in [6.45, 7) is 6.85. The highest BCUT2D eigenvalue weighted by molar-refractivity contribution is 7.87. The van der Waals surface area contributed by atoms with Crippen molar-refractivity contribution in [3.63, 3.8) is 0 Å². The number of piperidine rings is 1. The van der Waals surface area contributed by atoms with Gasteiger partial charge in [-0.2, -0.15) is 12.7 Å². The summed E-state index contributed by atoms with van der Waals surface area (Å²) in [7, 11) is -3.23. The van der Waals surface area contributed by atoms with Crippen LogP contribution in [0, 0.1) is 0 Å². The van der Waals surface area contributed by atoms with Crippen LogP contribution in [0.25, 0.3) is 0 Å². The third-order valence-electron chi connectivity index (χ3n) is 2.85. The van der Waals surface area contributed by atoms with E-state index in [2.05, 4.69) is 23.9 Å². The van der Waals surface area contributed by atoms with Crippen molar-refractivity contribution in [1.29, 1.82) is 0 Å². The quantitative estimate of drug-likeness (QED) is 0.665. The molecule has 6 heteroatoms. The fourth-order valence-electron chi connectivity index (χ4n) is 1.88. The first-order valence-corrected chi connectivity index (χ1v) is 7.94. The van der Waals surface area contributed by atoms with Crippen molar-refractivity contribution in [3.8, 4) is 0 Å². The van der Waals surface area contributed by atoms with Gasteiger partial charge in [0, 0.05) is 25.7 Å². The van der Waals surface area contributed by atoms with Gasteiger partial charge in [-0.3, -0.25) is 0 Å². The molecule has 1 rings (SSSR count). The summed E-state index contributed by atoms with van der Waals surface area (Å²) in [5, 5.41) is 3.26. The van der Waals surface area contributed by atoms with Crippen LogP contribution in [0.5, 0.6) is 0 Å². The second-order valence-electron chi connectivity index (χ2n) is 4.82. The van der Waals surface area contributed by atoms with Gasteiger partial charge in [0.2, 0.25) is 0 Å². The molecule has 0 atom stereocenters. The molecule has 1 saturated heterocycles. The molecule has 0 aromatic carbocycles. The number of nitrogens with one attached hydrogen (secondary N) is 2. The molecule has 0 radical (unpaired) electrons. The second-order valence-corrected chi connectivity index (χ2v) is 6.58. The maximum atomic E-state index is 11.9. The summed E-state index contributed by atoms with van der Waals surface area (Å²) in [4.78, 5) is 0. The summed E-state index contributed by atoms with van der Waals surface area (Å²) in [6.07, 6.45) is 3.93. The van der Waals surface area contributed by atoms with Gasteiger partial charge in [0.05, 0.1) is 0 Å². The molecule has 0 bridgehead atoms. The smallest absolute Gasteiger partial charge is 0.279 e. The van der Waals surface area contributed by atoms with E-state index in [0.717, 1.165) is 32.2 Å². The Bertz CT molecular complexity index is 298. The summed E-state index contributed by atoms with van der Waals surface area (Å²) in [6, 6.07) is 0.453. The maximum absolute atomic E-state index is 11.9. The molecule has 1 aliphatic heterocycles. The number of nitrogens with zero attached hydrogens (tertiary/aromatic N) is 1. The standard InChI is InChI=1S/C11H25N3O2S/c1-11(2)12-7-6-8-13-17(15,16)14-9-4-3-5-10-14/h11-13H,3-10H2,1-2H3. The Morgan fingerprint density at radius 2 is 1.76 bits per heavy atom. The molecule has 0 amide bonds. The van der Waals surface area contributed by atoms with E-state index < -0.39 is 10.2 Å². The van der Waals surface area contributed by atoms with E-state index in [0.29, 0.717) is 25.7 Å². The van der Waals surface area contributed by atoms with Gasteiger partial charge in [0.15, 0.2) is 0 Å². The Hall–Kier alpha value is -0.170. The molecule has 0 aromatic heterocycles. The minimum absolute atomic E-state index is 0.453. The van der Waals surface area contributed by atoms with Crippen molar-refractivity contribution in [1.82, 2.24) is 14.3 Å². The summed E-state index contributed by atoms with van der Waals surface area (Å²) in [5.41, 5.74) is 0. The average Bonchev–Trinajstić information content (AvgIpc) is 2.29. The third-order valence-corrected chi connectivity index (χ3v) is 4.46. The molecule has 0 aromatic rings. The zero-order valence-corrected chi connectivity index (χ0v) is 11.7. The highest BCUT2D eigenvalue weighted by Crippen LogP contribution is 2.11. The first kappa shape index (κ1) is 14.9. The van der Waals surface area contributed by atoms with Crippen LogP contribution in [0.15, 0.2) is 0 Å². The van der Waals surface area contributed by atoms with E-state index >= 15 is 0 Å². The van der Waals surface area contributed by atoms with Crippen LogP contribution in [0.1, 0.15) is 39.5 Å². The molecule has 1 aliphatic rings. The van der Waals surface area contributed by atoms with Crippen LogP contribution in [0.4, 0.5) is 0 Å². The van der Waals surface area contributed by atoms with Crippen LogP contribution >= 0.6 is 0 Å². The Morgan fingerprint density at radius 1 is 1.12 bits per heavy atom. The molecular formula is C11H25N3O2S. The van der Waals surface area contributed by atoms with Crippen LogP contribution < -0.4 is 10.0 Å². The van der Waals surface area contributed by atoms with Crippen LogP contribution in [-0.4, -0.2) is 44.9 Å². The van der Waals surface area contributed by atoms with Gasteiger partial charge in [-0.25, -0.2) is 4.72 Å². The lowest BCUT2D eigenvalue weighted by Gasteiger charge is -2.25. The van der Waals surface area contributed by atoms with Crippen molar-refractivity contribution in [2.24, 2.45) is 0 Å². The Kier molecular flexibility index (Phi) is 6.40. The lowest BCUT2D eigenvalue weighted by molar-refractivity contribution is 0.341. The maximum Gasteiger partial charge on any atom is 0.279 e. The van der Waals surface area contributed by atoms with Gasteiger partial charge in [0.1, 0.15) is 0 Å². The van der Waals surface area contributed by atoms with E-state index in [4.69, 9.17) is 0 Å². The van der Waals surface area contributed by atoms with E-state index in [9.17, 15) is 8.42 Å². The van der Waals surface area contributed by atoms with Gasteiger partial charge in [-0.05, 0) is 25.8 Å². The SMILES string of the molecule is CC(C)NCCCNS(=O)(=O)N1CCCCC1. The van der Waals surface area contributed by atoms with Crippen molar-refractivity contribution in [3.05, 3.63) is 0 Å². The molecule has 102 valence electrons. The van der Waals surface area contributed by atoms with E-state index in [-0.39, 0.29) is 0 Å². The molecule has 0 spiro atoms. The number of rotatable bonds is 7. The van der Waals surface area contributed by atoms with E-state index in [1.807, 2.05) is 0 Å².